The van der Waals surface area contributed by atoms with Gasteiger partial charge in [-0.3, -0.25) is 15.0 Å². The highest BCUT2D eigenvalue weighted by atomic mass is 35.5. The first kappa shape index (κ1) is 22.6. The van der Waals surface area contributed by atoms with E-state index in [9.17, 15) is 4.79 Å². The normalized spacial score (nSPS) is 13.7. The summed E-state index contributed by atoms with van der Waals surface area (Å²) >= 11 is 7.89. The van der Waals surface area contributed by atoms with Gasteiger partial charge in [0.1, 0.15) is 0 Å². The van der Waals surface area contributed by atoms with Crippen molar-refractivity contribution in [1.82, 2.24) is 9.88 Å². The Kier molecular flexibility index (Phi) is 6.98. The van der Waals surface area contributed by atoms with Gasteiger partial charge in [-0.25, -0.2) is 4.98 Å². The van der Waals surface area contributed by atoms with E-state index in [4.69, 9.17) is 21.1 Å². The number of methoxy groups -OCH3 is 1. The molecule has 1 aliphatic heterocycles. The topological polar surface area (TPSA) is 63.7 Å². The molecule has 3 aromatic rings. The number of carbonyl (C=O) groups excluding carboxylic acids is 1. The van der Waals surface area contributed by atoms with Crippen LogP contribution < -0.4 is 14.8 Å². The summed E-state index contributed by atoms with van der Waals surface area (Å²) in [4.78, 5) is 21.1. The number of fused-ring (bicyclic) bond motifs is 1. The molecule has 8 heteroatoms. The Hall–Kier alpha value is -2.61. The van der Waals surface area contributed by atoms with Crippen molar-refractivity contribution in [3.8, 4) is 11.5 Å². The molecule has 0 spiro atoms. The number of aromatic nitrogens is 1. The van der Waals surface area contributed by atoms with E-state index in [2.05, 4.69) is 39.5 Å². The molecule has 1 N–H and O–H groups in total. The smallest absolute Gasteiger partial charge is 0.257 e. The molecule has 6 nitrogen and oxygen atoms in total. The lowest BCUT2D eigenvalue weighted by Crippen LogP contribution is -2.29. The van der Waals surface area contributed by atoms with Crippen molar-refractivity contribution < 1.29 is 14.3 Å². The van der Waals surface area contributed by atoms with Crippen LogP contribution in [-0.2, 0) is 19.5 Å². The van der Waals surface area contributed by atoms with Crippen LogP contribution >= 0.6 is 22.9 Å². The SMILES string of the molecule is COc1cc(C(=O)Nc2nc3c(s2)CN(Cc2ccccc2)CC3)cc(Cl)c1OC(C)C. The van der Waals surface area contributed by atoms with E-state index in [0.29, 0.717) is 27.2 Å². The summed E-state index contributed by atoms with van der Waals surface area (Å²) in [6.45, 7) is 6.49. The number of anilines is 1. The maximum atomic E-state index is 12.9. The fourth-order valence-electron chi connectivity index (χ4n) is 3.65. The Balaban J connectivity index is 1.45. The quantitative estimate of drug-likeness (QED) is 0.499. The molecule has 0 bridgehead atoms. The number of benzene rings is 2. The Morgan fingerprint density at radius 2 is 2.06 bits per heavy atom. The van der Waals surface area contributed by atoms with E-state index in [-0.39, 0.29) is 12.0 Å². The van der Waals surface area contributed by atoms with Crippen molar-refractivity contribution in [3.63, 3.8) is 0 Å². The standard InChI is InChI=1S/C24H26ClN3O3S/c1-15(2)31-22-18(25)11-17(12-20(22)30-3)23(29)27-24-26-19-9-10-28(14-21(19)32-24)13-16-7-5-4-6-8-16/h4-8,11-12,15H,9-10,13-14H2,1-3H3,(H,26,27,29). The molecular weight excluding hydrogens is 446 g/mol. The van der Waals surface area contributed by atoms with Crippen LogP contribution in [0.15, 0.2) is 42.5 Å². The van der Waals surface area contributed by atoms with Crippen LogP contribution in [0, 0.1) is 0 Å². The van der Waals surface area contributed by atoms with Gasteiger partial charge in [0.25, 0.3) is 5.91 Å². The zero-order valence-electron chi connectivity index (χ0n) is 18.4. The molecule has 1 amide bonds. The van der Waals surface area contributed by atoms with Crippen LogP contribution in [0.3, 0.4) is 0 Å². The molecule has 0 saturated carbocycles. The predicted octanol–water partition coefficient (Wildman–Crippen LogP) is 5.40. The minimum Gasteiger partial charge on any atom is -0.493 e. The first-order valence-electron chi connectivity index (χ1n) is 10.5. The van der Waals surface area contributed by atoms with E-state index in [1.54, 1.807) is 12.1 Å². The molecule has 0 aliphatic carbocycles. The summed E-state index contributed by atoms with van der Waals surface area (Å²) in [6, 6.07) is 13.7. The van der Waals surface area contributed by atoms with Crippen LogP contribution in [0.5, 0.6) is 11.5 Å². The molecule has 0 unspecified atom stereocenters. The zero-order chi connectivity index (χ0) is 22.7. The number of halogens is 1. The van der Waals surface area contributed by atoms with Crippen LogP contribution in [0.2, 0.25) is 5.02 Å². The highest BCUT2D eigenvalue weighted by molar-refractivity contribution is 7.15. The van der Waals surface area contributed by atoms with Gasteiger partial charge in [-0.05, 0) is 31.5 Å². The monoisotopic (exact) mass is 471 g/mol. The Labute approximate surface area is 197 Å². The molecule has 0 fully saturated rings. The highest BCUT2D eigenvalue weighted by Crippen LogP contribution is 2.37. The molecule has 1 aromatic heterocycles. The molecule has 2 aromatic carbocycles. The molecule has 168 valence electrons. The van der Waals surface area contributed by atoms with Crippen LogP contribution in [-0.4, -0.2) is 35.5 Å². The van der Waals surface area contributed by atoms with E-state index in [0.717, 1.165) is 31.7 Å². The largest absolute Gasteiger partial charge is 0.493 e. The van der Waals surface area contributed by atoms with Gasteiger partial charge in [-0.2, -0.15) is 0 Å². The van der Waals surface area contributed by atoms with Gasteiger partial charge in [-0.15, -0.1) is 11.3 Å². The number of thiazole rings is 1. The van der Waals surface area contributed by atoms with Gasteiger partial charge in [0.15, 0.2) is 16.6 Å². The van der Waals surface area contributed by atoms with E-state index in [1.165, 1.54) is 28.9 Å². The molecule has 32 heavy (non-hydrogen) atoms. The Morgan fingerprint density at radius 1 is 1.28 bits per heavy atom. The number of hydrogen-bond acceptors (Lipinski definition) is 6. The number of rotatable bonds is 7. The molecule has 0 atom stereocenters. The van der Waals surface area contributed by atoms with Crippen molar-refractivity contribution in [2.75, 3.05) is 19.0 Å². The Morgan fingerprint density at radius 3 is 2.78 bits per heavy atom. The number of nitrogens with zero attached hydrogens (tertiary/aromatic N) is 2. The third kappa shape index (κ3) is 5.23. The maximum Gasteiger partial charge on any atom is 0.257 e. The van der Waals surface area contributed by atoms with Crippen molar-refractivity contribution in [3.05, 3.63) is 69.2 Å². The van der Waals surface area contributed by atoms with Gasteiger partial charge in [0.05, 0.1) is 23.9 Å². The second-order valence-electron chi connectivity index (χ2n) is 7.95. The lowest BCUT2D eigenvalue weighted by atomic mass is 10.1. The van der Waals surface area contributed by atoms with E-state index in [1.807, 2.05) is 19.9 Å². The number of ether oxygens (including phenoxy) is 2. The summed E-state index contributed by atoms with van der Waals surface area (Å²) < 4.78 is 11.1. The highest BCUT2D eigenvalue weighted by Gasteiger charge is 2.23. The minimum absolute atomic E-state index is 0.0656. The second kappa shape index (κ2) is 9.90. The number of amides is 1. The molecule has 2 heterocycles. The second-order valence-corrected chi connectivity index (χ2v) is 9.44. The average Bonchev–Trinajstić information content (AvgIpc) is 3.16. The lowest BCUT2D eigenvalue weighted by Gasteiger charge is -2.25. The first-order chi connectivity index (χ1) is 15.4. The van der Waals surface area contributed by atoms with Gasteiger partial charge in [0, 0.05) is 36.5 Å². The van der Waals surface area contributed by atoms with Gasteiger partial charge in [0.2, 0.25) is 0 Å². The zero-order valence-corrected chi connectivity index (χ0v) is 19.9. The van der Waals surface area contributed by atoms with E-state index < -0.39 is 0 Å². The van der Waals surface area contributed by atoms with Gasteiger partial charge in [-0.1, -0.05) is 41.9 Å². The molecule has 1 aliphatic rings. The minimum atomic E-state index is -0.284. The van der Waals surface area contributed by atoms with E-state index >= 15 is 0 Å². The summed E-state index contributed by atoms with van der Waals surface area (Å²) in [7, 11) is 1.52. The first-order valence-corrected chi connectivity index (χ1v) is 11.7. The van der Waals surface area contributed by atoms with Crippen molar-refractivity contribution >= 4 is 34.0 Å². The molecule has 4 rings (SSSR count). The predicted molar refractivity (Wildman–Crippen MR) is 128 cm³/mol. The number of carbonyl (C=O) groups is 1. The van der Waals surface area contributed by atoms with Crippen LogP contribution in [0.4, 0.5) is 5.13 Å². The van der Waals surface area contributed by atoms with Crippen molar-refractivity contribution in [2.24, 2.45) is 0 Å². The average molecular weight is 472 g/mol. The van der Waals surface area contributed by atoms with Gasteiger partial charge >= 0.3 is 0 Å². The lowest BCUT2D eigenvalue weighted by molar-refractivity contribution is 0.102. The van der Waals surface area contributed by atoms with Crippen molar-refractivity contribution in [2.45, 2.75) is 39.5 Å². The van der Waals surface area contributed by atoms with Crippen LogP contribution in [0.25, 0.3) is 0 Å². The van der Waals surface area contributed by atoms with Gasteiger partial charge < -0.3 is 9.47 Å². The summed E-state index contributed by atoms with van der Waals surface area (Å²) in [5, 5.41) is 3.84. The fourth-order valence-corrected chi connectivity index (χ4v) is 4.95. The third-order valence-electron chi connectivity index (χ3n) is 5.12. The Bertz CT molecular complexity index is 1100. The summed E-state index contributed by atoms with van der Waals surface area (Å²) in [6.07, 6.45) is 0.805. The summed E-state index contributed by atoms with van der Waals surface area (Å²) in [5.41, 5.74) is 2.75. The van der Waals surface area contributed by atoms with Crippen molar-refractivity contribution in [1.29, 1.82) is 0 Å². The fraction of sp³-hybridized carbons (Fsp3) is 0.333. The molecule has 0 saturated heterocycles. The molecular formula is C24H26ClN3O3S. The maximum absolute atomic E-state index is 12.9. The number of nitrogens with one attached hydrogen (secondary N) is 1. The number of hydrogen-bond donors (Lipinski definition) is 1. The third-order valence-corrected chi connectivity index (χ3v) is 6.40. The molecule has 0 radical (unpaired) electrons. The summed E-state index contributed by atoms with van der Waals surface area (Å²) in [5.74, 6) is 0.573. The van der Waals surface area contributed by atoms with Crippen LogP contribution in [0.1, 0.15) is 40.3 Å².